The number of hydrogen-bond acceptors (Lipinski definition) is 6. The van der Waals surface area contributed by atoms with Crippen LogP contribution in [0.4, 0.5) is 5.69 Å². The van der Waals surface area contributed by atoms with E-state index in [1.165, 1.54) is 23.5 Å². The van der Waals surface area contributed by atoms with Crippen LogP contribution in [0.25, 0.3) is 5.69 Å². The molecule has 0 radical (unpaired) electrons. The number of nitrogens with one attached hydrogen (secondary N) is 1. The molecule has 0 atom stereocenters. The zero-order valence-corrected chi connectivity index (χ0v) is 19.3. The van der Waals surface area contributed by atoms with Crippen molar-refractivity contribution >= 4 is 51.0 Å². The van der Waals surface area contributed by atoms with Crippen LogP contribution in [-0.4, -0.2) is 34.1 Å². The molecular formula is C21H18BrN3O3S2. The Balaban J connectivity index is 1.64. The minimum Gasteiger partial charge on any atom is -0.495 e. The Labute approximate surface area is 190 Å². The van der Waals surface area contributed by atoms with Crippen LogP contribution >= 0.6 is 39.5 Å². The van der Waals surface area contributed by atoms with E-state index in [0.29, 0.717) is 27.2 Å². The highest BCUT2D eigenvalue weighted by Crippen LogP contribution is 2.32. The number of fused-ring (bicyclic) bond motifs is 1. The summed E-state index contributed by atoms with van der Waals surface area (Å²) in [4.78, 5) is 31.1. The number of carbonyl (C=O) groups excluding carboxylic acids is 1. The van der Waals surface area contributed by atoms with Crippen molar-refractivity contribution in [1.82, 2.24) is 9.55 Å². The lowest BCUT2D eigenvalue weighted by Crippen LogP contribution is -2.25. The second kappa shape index (κ2) is 9.28. The molecule has 154 valence electrons. The molecule has 9 heteroatoms. The average molecular weight is 504 g/mol. The molecule has 1 N–H and O–H groups in total. The van der Waals surface area contributed by atoms with Crippen molar-refractivity contribution in [3.63, 3.8) is 0 Å². The summed E-state index contributed by atoms with van der Waals surface area (Å²) in [5.41, 5.74) is 2.00. The molecule has 3 aromatic rings. The van der Waals surface area contributed by atoms with Crippen molar-refractivity contribution in [3.8, 4) is 11.4 Å². The van der Waals surface area contributed by atoms with Gasteiger partial charge in [0, 0.05) is 22.3 Å². The Bertz CT molecular complexity index is 1150. The summed E-state index contributed by atoms with van der Waals surface area (Å²) in [5, 5.41) is 3.35. The van der Waals surface area contributed by atoms with E-state index in [-0.39, 0.29) is 17.2 Å². The molecule has 2 heterocycles. The van der Waals surface area contributed by atoms with Crippen molar-refractivity contribution in [1.29, 1.82) is 0 Å². The quantitative estimate of drug-likeness (QED) is 0.397. The van der Waals surface area contributed by atoms with Crippen LogP contribution in [0.2, 0.25) is 0 Å². The summed E-state index contributed by atoms with van der Waals surface area (Å²) in [6, 6.07) is 14.7. The number of aryl methyl sites for hydroxylation is 1. The normalized spacial score (nSPS) is 12.5. The molecule has 0 aliphatic carbocycles. The molecule has 2 aromatic carbocycles. The molecule has 0 bridgehead atoms. The fourth-order valence-corrected chi connectivity index (χ4v) is 5.19. The van der Waals surface area contributed by atoms with Crippen LogP contribution in [0, 0.1) is 0 Å². The molecule has 30 heavy (non-hydrogen) atoms. The first-order valence-electron chi connectivity index (χ1n) is 9.17. The number of hydrogen-bond donors (Lipinski definition) is 1. The van der Waals surface area contributed by atoms with Crippen molar-refractivity contribution in [2.75, 3.05) is 23.9 Å². The second-order valence-corrected chi connectivity index (χ2v) is 9.39. The number of para-hydroxylation sites is 2. The molecule has 0 fully saturated rings. The third-order valence-corrected chi connectivity index (χ3v) is 7.03. The van der Waals surface area contributed by atoms with Crippen LogP contribution in [0.15, 0.2) is 67.9 Å². The van der Waals surface area contributed by atoms with Gasteiger partial charge in [0.1, 0.15) is 5.75 Å². The maximum atomic E-state index is 13.2. The van der Waals surface area contributed by atoms with Crippen molar-refractivity contribution in [3.05, 3.63) is 69.1 Å². The van der Waals surface area contributed by atoms with Crippen LogP contribution in [0.5, 0.6) is 5.75 Å². The molecule has 0 spiro atoms. The van der Waals surface area contributed by atoms with Crippen LogP contribution < -0.4 is 15.6 Å². The molecule has 0 unspecified atom stereocenters. The fraction of sp³-hybridized carbons (Fsp3) is 0.190. The summed E-state index contributed by atoms with van der Waals surface area (Å²) >= 11 is 6.14. The number of thioether (sulfide) groups is 2. The number of aromatic nitrogens is 2. The number of ether oxygens (including phenoxy) is 1. The smallest absolute Gasteiger partial charge is 0.272 e. The molecule has 0 saturated heterocycles. The maximum Gasteiger partial charge on any atom is 0.272 e. The highest BCUT2D eigenvalue weighted by molar-refractivity contribution is 9.10. The summed E-state index contributed by atoms with van der Waals surface area (Å²) in [5.74, 6) is 1.37. The lowest BCUT2D eigenvalue weighted by molar-refractivity contribution is -0.113. The Morgan fingerprint density at radius 2 is 2.03 bits per heavy atom. The monoisotopic (exact) mass is 503 g/mol. The van der Waals surface area contributed by atoms with Gasteiger partial charge in [-0.05, 0) is 36.4 Å². The van der Waals surface area contributed by atoms with Crippen LogP contribution in [-0.2, 0) is 11.2 Å². The molecule has 4 rings (SSSR count). The van der Waals surface area contributed by atoms with Gasteiger partial charge in [-0.2, -0.15) is 0 Å². The van der Waals surface area contributed by atoms with E-state index in [9.17, 15) is 9.59 Å². The first kappa shape index (κ1) is 21.0. The summed E-state index contributed by atoms with van der Waals surface area (Å²) in [6.45, 7) is 0. The maximum absolute atomic E-state index is 13.2. The number of anilines is 1. The number of methoxy groups -OCH3 is 1. The van der Waals surface area contributed by atoms with Gasteiger partial charge in [-0.25, -0.2) is 4.98 Å². The number of rotatable bonds is 6. The Hall–Kier alpha value is -2.23. The van der Waals surface area contributed by atoms with E-state index >= 15 is 0 Å². The first-order chi connectivity index (χ1) is 14.6. The predicted molar refractivity (Wildman–Crippen MR) is 124 cm³/mol. The number of benzene rings is 2. The highest BCUT2D eigenvalue weighted by atomic mass is 79.9. The highest BCUT2D eigenvalue weighted by Gasteiger charge is 2.24. The predicted octanol–water partition coefficient (Wildman–Crippen LogP) is 4.38. The van der Waals surface area contributed by atoms with E-state index in [2.05, 4.69) is 21.2 Å². The van der Waals surface area contributed by atoms with Crippen molar-refractivity contribution < 1.29 is 9.53 Å². The first-order valence-corrected chi connectivity index (χ1v) is 11.9. The van der Waals surface area contributed by atoms with E-state index in [0.717, 1.165) is 22.3 Å². The van der Waals surface area contributed by atoms with Crippen molar-refractivity contribution in [2.45, 2.75) is 16.5 Å². The number of halogens is 1. The van der Waals surface area contributed by atoms with Crippen molar-refractivity contribution in [2.24, 2.45) is 0 Å². The minimum atomic E-state index is -0.168. The van der Waals surface area contributed by atoms with E-state index in [1.54, 1.807) is 17.7 Å². The topological polar surface area (TPSA) is 73.2 Å². The Kier molecular flexibility index (Phi) is 6.50. The zero-order chi connectivity index (χ0) is 21.1. The van der Waals surface area contributed by atoms with Gasteiger partial charge in [-0.15, -0.1) is 11.8 Å². The number of carbonyl (C=O) groups is 1. The molecule has 0 saturated carbocycles. The van der Waals surface area contributed by atoms with E-state index in [4.69, 9.17) is 9.72 Å². The summed E-state index contributed by atoms with van der Waals surface area (Å²) in [7, 11) is 1.57. The third-order valence-electron chi connectivity index (χ3n) is 4.45. The average Bonchev–Trinajstić information content (AvgIpc) is 3.23. The molecule has 1 aliphatic heterocycles. The van der Waals surface area contributed by atoms with Gasteiger partial charge in [0.25, 0.3) is 5.56 Å². The molecule has 1 aliphatic rings. The fourth-order valence-electron chi connectivity index (χ4n) is 3.08. The van der Waals surface area contributed by atoms with Gasteiger partial charge in [0.15, 0.2) is 5.16 Å². The van der Waals surface area contributed by atoms with Gasteiger partial charge >= 0.3 is 0 Å². The van der Waals surface area contributed by atoms with Gasteiger partial charge in [-0.1, -0.05) is 39.8 Å². The number of amides is 1. The summed E-state index contributed by atoms with van der Waals surface area (Å²) in [6.07, 6.45) is 0.751. The van der Waals surface area contributed by atoms with E-state index in [1.807, 2.05) is 42.5 Å². The van der Waals surface area contributed by atoms with Gasteiger partial charge in [0.05, 0.1) is 29.1 Å². The Morgan fingerprint density at radius 3 is 2.80 bits per heavy atom. The minimum absolute atomic E-state index is 0.122. The van der Waals surface area contributed by atoms with E-state index < -0.39 is 0 Å². The zero-order valence-electron chi connectivity index (χ0n) is 16.1. The third kappa shape index (κ3) is 4.43. The number of nitrogens with zero attached hydrogens (tertiary/aromatic N) is 2. The van der Waals surface area contributed by atoms with Gasteiger partial charge in [-0.3, -0.25) is 14.2 Å². The molecule has 1 aromatic heterocycles. The van der Waals surface area contributed by atoms with Crippen LogP contribution in [0.1, 0.15) is 5.69 Å². The SMILES string of the molecule is COc1ccccc1-n1c(SCC(=O)Nc2ccc(Br)cc2)nc2c(c1=O)SCC2. The largest absolute Gasteiger partial charge is 0.495 e. The lowest BCUT2D eigenvalue weighted by atomic mass is 10.2. The second-order valence-electron chi connectivity index (χ2n) is 6.42. The molecule has 1 amide bonds. The Morgan fingerprint density at radius 1 is 1.27 bits per heavy atom. The van der Waals surface area contributed by atoms with Gasteiger partial charge in [0.2, 0.25) is 5.91 Å². The standard InChI is InChI=1S/C21H18BrN3O3S2/c1-28-17-5-3-2-4-16(17)25-20(27)19-15(10-11-29-19)24-21(25)30-12-18(26)23-14-8-6-13(22)7-9-14/h2-9H,10-12H2,1H3,(H,23,26). The lowest BCUT2D eigenvalue weighted by Gasteiger charge is -2.16. The molecule has 6 nitrogen and oxygen atoms in total. The molecular weight excluding hydrogens is 486 g/mol. The summed E-state index contributed by atoms with van der Waals surface area (Å²) < 4.78 is 7.95. The van der Waals surface area contributed by atoms with Crippen LogP contribution in [0.3, 0.4) is 0 Å². The van der Waals surface area contributed by atoms with Gasteiger partial charge < -0.3 is 10.1 Å².